The molecule has 3 heteroatoms. The van der Waals surface area contributed by atoms with E-state index < -0.39 is 5.97 Å². The van der Waals surface area contributed by atoms with Crippen LogP contribution in [0.4, 0.5) is 0 Å². The van der Waals surface area contributed by atoms with Crippen LogP contribution in [0.3, 0.4) is 0 Å². The monoisotopic (exact) mass is 170 g/mol. The summed E-state index contributed by atoms with van der Waals surface area (Å²) in [7, 11) is 0. The van der Waals surface area contributed by atoms with Crippen molar-refractivity contribution in [3.05, 3.63) is 35.4 Å². The molecule has 1 aromatic rings. The van der Waals surface area contributed by atoms with Crippen LogP contribution in [0.2, 0.25) is 0 Å². The van der Waals surface area contributed by atoms with Crippen molar-refractivity contribution in [1.82, 2.24) is 0 Å². The van der Waals surface area contributed by atoms with Gasteiger partial charge in [-0.05, 0) is 12.0 Å². The molecule has 1 rings (SSSR count). The second kappa shape index (κ2) is 5.85. The topological polar surface area (TPSA) is 40.1 Å². The van der Waals surface area contributed by atoms with Crippen LogP contribution in [-0.4, -0.2) is 5.97 Å². The predicted molar refractivity (Wildman–Crippen MR) is 44.8 cm³/mol. The molecule has 0 aromatic heterocycles. The number of carboxylic acid groups (broad SMARTS) is 1. The summed E-state index contributed by atoms with van der Waals surface area (Å²) in [5.74, 6) is -1.08. The molecule has 0 fully saturated rings. The molecule has 0 heterocycles. The van der Waals surface area contributed by atoms with Crippen LogP contribution in [0, 0.1) is 0 Å². The molecule has 0 unspecified atom stereocenters. The second-order valence-corrected chi connectivity index (χ2v) is 2.69. The number of aryl methyl sites for hydroxylation is 1. The van der Waals surface area contributed by atoms with Crippen molar-refractivity contribution in [2.75, 3.05) is 0 Å². The summed E-state index contributed by atoms with van der Waals surface area (Å²) in [4.78, 5) is 10.6. The Hall–Kier alpha value is -0.713. The molecule has 0 saturated heterocycles. The summed E-state index contributed by atoms with van der Waals surface area (Å²) in [5, 5.41) is 10.6. The zero-order valence-electron chi connectivity index (χ0n) is 8.04. The van der Waals surface area contributed by atoms with Gasteiger partial charge in [0.1, 0.15) is 0 Å². The summed E-state index contributed by atoms with van der Waals surface area (Å²) >= 11 is 0. The number of carboxylic acids is 1. The Bertz CT molecular complexity index is 284. The number of hydrogen-bond acceptors (Lipinski definition) is 2. The molecule has 0 aliphatic rings. The zero-order chi connectivity index (χ0) is 8.97. The maximum Gasteiger partial charge on any atom is 1.00 e. The first-order valence-electron chi connectivity index (χ1n) is 4.05. The first-order chi connectivity index (χ1) is 5.75. The van der Waals surface area contributed by atoms with Gasteiger partial charge in [-0.15, -0.1) is 0 Å². The van der Waals surface area contributed by atoms with E-state index in [1.54, 1.807) is 12.1 Å². The number of carbonyl (C=O) groups excluding carboxylic acids is 1. The molecule has 64 valence electrons. The van der Waals surface area contributed by atoms with Gasteiger partial charge in [0.05, 0.1) is 5.97 Å². The largest absolute Gasteiger partial charge is 1.00 e. The van der Waals surface area contributed by atoms with Gasteiger partial charge < -0.3 is 9.90 Å². The number of carbonyl (C=O) groups is 1. The summed E-state index contributed by atoms with van der Waals surface area (Å²) in [5.41, 5.74) is 1.18. The molecule has 0 amide bonds. The van der Waals surface area contributed by atoms with Crippen molar-refractivity contribution in [1.29, 1.82) is 0 Å². The molecule has 1 aromatic carbocycles. The van der Waals surface area contributed by atoms with Gasteiger partial charge in [0.15, 0.2) is 0 Å². The number of rotatable bonds is 3. The molecule has 0 radical (unpaired) electrons. The molecule has 0 aliphatic heterocycles. The van der Waals surface area contributed by atoms with Crippen LogP contribution < -0.4 is 24.0 Å². The summed E-state index contributed by atoms with van der Waals surface area (Å²) in [6, 6.07) is 6.97. The SMILES string of the molecule is CCCc1ccccc1C(=O)[O-].[Li+]. The minimum absolute atomic E-state index is 0. The van der Waals surface area contributed by atoms with Gasteiger partial charge in [-0.25, -0.2) is 0 Å². The Morgan fingerprint density at radius 3 is 2.54 bits per heavy atom. The molecule has 0 bridgehead atoms. The van der Waals surface area contributed by atoms with E-state index in [0.717, 1.165) is 18.4 Å². The molecule has 0 N–H and O–H groups in total. The Morgan fingerprint density at radius 1 is 1.38 bits per heavy atom. The van der Waals surface area contributed by atoms with E-state index in [2.05, 4.69) is 0 Å². The van der Waals surface area contributed by atoms with E-state index in [1.807, 2.05) is 19.1 Å². The smallest absolute Gasteiger partial charge is 0.545 e. The fourth-order valence-corrected chi connectivity index (χ4v) is 1.21. The normalized spacial score (nSPS) is 9.00. The van der Waals surface area contributed by atoms with E-state index in [-0.39, 0.29) is 18.9 Å². The summed E-state index contributed by atoms with van der Waals surface area (Å²) in [6.07, 6.45) is 1.74. The molecular weight excluding hydrogens is 159 g/mol. The van der Waals surface area contributed by atoms with Gasteiger partial charge >= 0.3 is 18.9 Å². The van der Waals surface area contributed by atoms with E-state index >= 15 is 0 Å². The molecule has 2 nitrogen and oxygen atoms in total. The van der Waals surface area contributed by atoms with Crippen LogP contribution in [0.25, 0.3) is 0 Å². The number of benzene rings is 1. The van der Waals surface area contributed by atoms with Gasteiger partial charge in [0, 0.05) is 5.56 Å². The molecule has 0 saturated carbocycles. The Balaban J connectivity index is 0.00000144. The molecule has 0 aliphatic carbocycles. The van der Waals surface area contributed by atoms with Crippen molar-refractivity contribution in [2.45, 2.75) is 19.8 Å². The average Bonchev–Trinajstić information content (AvgIpc) is 2.05. The quantitative estimate of drug-likeness (QED) is 0.492. The van der Waals surface area contributed by atoms with Crippen molar-refractivity contribution >= 4 is 5.97 Å². The number of hydrogen-bond donors (Lipinski definition) is 0. The van der Waals surface area contributed by atoms with Gasteiger partial charge in [-0.3, -0.25) is 0 Å². The maximum atomic E-state index is 10.6. The van der Waals surface area contributed by atoms with E-state index in [4.69, 9.17) is 0 Å². The van der Waals surface area contributed by atoms with Crippen LogP contribution in [0.15, 0.2) is 24.3 Å². The van der Waals surface area contributed by atoms with Gasteiger partial charge in [-0.1, -0.05) is 37.6 Å². The van der Waals surface area contributed by atoms with Crippen LogP contribution in [0.1, 0.15) is 29.3 Å². The minimum atomic E-state index is -1.08. The van der Waals surface area contributed by atoms with Crippen LogP contribution in [0.5, 0.6) is 0 Å². The fraction of sp³-hybridized carbons (Fsp3) is 0.300. The van der Waals surface area contributed by atoms with Gasteiger partial charge in [0.2, 0.25) is 0 Å². The molecule has 13 heavy (non-hydrogen) atoms. The standard InChI is InChI=1S/C10H12O2.Li/c1-2-5-8-6-3-4-7-9(8)10(11)12;/h3-4,6-7H,2,5H2,1H3,(H,11,12);/q;+1/p-1. The number of aromatic carboxylic acids is 1. The van der Waals surface area contributed by atoms with Crippen molar-refractivity contribution in [3.8, 4) is 0 Å². The van der Waals surface area contributed by atoms with Crippen LogP contribution in [-0.2, 0) is 6.42 Å². The second-order valence-electron chi connectivity index (χ2n) is 2.69. The molecule has 0 atom stereocenters. The minimum Gasteiger partial charge on any atom is -0.545 e. The Kier molecular flexibility index (Phi) is 5.53. The predicted octanol–water partition coefficient (Wildman–Crippen LogP) is -1.99. The zero-order valence-corrected chi connectivity index (χ0v) is 8.04. The Morgan fingerprint density at radius 2 is 2.00 bits per heavy atom. The third kappa shape index (κ3) is 3.26. The van der Waals surface area contributed by atoms with Gasteiger partial charge in [0.25, 0.3) is 0 Å². The average molecular weight is 170 g/mol. The third-order valence-corrected chi connectivity index (χ3v) is 1.76. The summed E-state index contributed by atoms with van der Waals surface area (Å²) < 4.78 is 0. The van der Waals surface area contributed by atoms with Crippen molar-refractivity contribution in [3.63, 3.8) is 0 Å². The van der Waals surface area contributed by atoms with Crippen molar-refractivity contribution in [2.24, 2.45) is 0 Å². The summed E-state index contributed by atoms with van der Waals surface area (Å²) in [6.45, 7) is 2.02. The van der Waals surface area contributed by atoms with Crippen molar-refractivity contribution < 1.29 is 28.8 Å². The first-order valence-corrected chi connectivity index (χ1v) is 4.05. The van der Waals surface area contributed by atoms with E-state index in [9.17, 15) is 9.90 Å². The maximum absolute atomic E-state index is 10.6. The Labute approximate surface area is 90.1 Å². The fourth-order valence-electron chi connectivity index (χ4n) is 1.21. The molecule has 0 spiro atoms. The van der Waals surface area contributed by atoms with Crippen LogP contribution >= 0.6 is 0 Å². The van der Waals surface area contributed by atoms with E-state index in [1.165, 1.54) is 0 Å². The molecular formula is C10H11LiO2. The van der Waals surface area contributed by atoms with E-state index in [0.29, 0.717) is 5.56 Å². The van der Waals surface area contributed by atoms with Gasteiger partial charge in [-0.2, -0.15) is 0 Å². The third-order valence-electron chi connectivity index (χ3n) is 1.76. The first kappa shape index (κ1) is 12.3.